The van der Waals surface area contributed by atoms with Crippen molar-refractivity contribution in [2.75, 3.05) is 0 Å². The summed E-state index contributed by atoms with van der Waals surface area (Å²) in [6.07, 6.45) is 3.38. The highest BCUT2D eigenvalue weighted by Gasteiger charge is 2.52. The molecule has 2 rings (SSSR count). The molecule has 5 heteroatoms. The fraction of sp³-hybridized carbons (Fsp3) is 0.700. The second-order valence-corrected chi connectivity index (χ2v) is 5.19. The lowest BCUT2D eigenvalue weighted by atomic mass is 9.93. The predicted octanol–water partition coefficient (Wildman–Crippen LogP) is 0.550. The molecule has 0 spiro atoms. The van der Waals surface area contributed by atoms with E-state index in [9.17, 15) is 4.79 Å². The Kier molecular flexibility index (Phi) is 1.90. The van der Waals surface area contributed by atoms with Crippen molar-refractivity contribution >= 4 is 5.91 Å². The molecule has 0 unspecified atom stereocenters. The monoisotopic (exact) mass is 208 g/mol. The molecule has 0 aromatic carbocycles. The second-order valence-electron chi connectivity index (χ2n) is 5.19. The van der Waals surface area contributed by atoms with Gasteiger partial charge in [0.15, 0.2) is 0 Å². The van der Waals surface area contributed by atoms with Crippen molar-refractivity contribution in [3.63, 3.8) is 0 Å². The number of hydrogen-bond donors (Lipinski definition) is 1. The topological polar surface area (TPSA) is 73.8 Å². The molecule has 1 heterocycles. The van der Waals surface area contributed by atoms with Crippen molar-refractivity contribution in [2.45, 2.75) is 44.6 Å². The van der Waals surface area contributed by atoms with Crippen LogP contribution < -0.4 is 5.73 Å². The average molecular weight is 208 g/mol. The first-order valence-electron chi connectivity index (χ1n) is 5.09. The zero-order valence-corrected chi connectivity index (χ0v) is 9.32. The molecule has 1 aromatic rings. The van der Waals surface area contributed by atoms with Crippen LogP contribution in [0.25, 0.3) is 0 Å². The van der Waals surface area contributed by atoms with E-state index in [0.29, 0.717) is 0 Å². The normalized spacial score (nSPS) is 18.9. The molecule has 0 radical (unpaired) electrons. The van der Waals surface area contributed by atoms with Crippen LogP contribution in [-0.2, 0) is 15.7 Å². The molecule has 0 bridgehead atoms. The highest BCUT2D eigenvalue weighted by molar-refractivity contribution is 5.85. The Balaban J connectivity index is 2.33. The Morgan fingerprint density at radius 1 is 1.53 bits per heavy atom. The zero-order valence-electron chi connectivity index (χ0n) is 9.32. The first kappa shape index (κ1) is 10.1. The number of nitrogens with zero attached hydrogens (tertiary/aromatic N) is 3. The lowest BCUT2D eigenvalue weighted by Crippen LogP contribution is -2.34. The van der Waals surface area contributed by atoms with E-state index in [2.05, 4.69) is 31.1 Å². The quantitative estimate of drug-likeness (QED) is 0.771. The van der Waals surface area contributed by atoms with Gasteiger partial charge < -0.3 is 5.73 Å². The van der Waals surface area contributed by atoms with Gasteiger partial charge in [-0.1, -0.05) is 26.0 Å². The van der Waals surface area contributed by atoms with Gasteiger partial charge in [-0.2, -0.15) is 0 Å². The van der Waals surface area contributed by atoms with Gasteiger partial charge in [-0.15, -0.1) is 5.10 Å². The summed E-state index contributed by atoms with van der Waals surface area (Å²) < 4.78 is 1.62. The van der Waals surface area contributed by atoms with E-state index in [-0.39, 0.29) is 11.3 Å². The predicted molar refractivity (Wildman–Crippen MR) is 55.1 cm³/mol. The van der Waals surface area contributed by atoms with Crippen LogP contribution in [-0.4, -0.2) is 20.9 Å². The van der Waals surface area contributed by atoms with Crippen LogP contribution in [0.5, 0.6) is 0 Å². The van der Waals surface area contributed by atoms with E-state index in [1.807, 2.05) is 6.20 Å². The van der Waals surface area contributed by atoms with Crippen LogP contribution in [0.2, 0.25) is 0 Å². The van der Waals surface area contributed by atoms with Crippen molar-refractivity contribution in [2.24, 2.45) is 5.73 Å². The van der Waals surface area contributed by atoms with Crippen LogP contribution >= 0.6 is 0 Å². The van der Waals surface area contributed by atoms with Gasteiger partial charge in [0.2, 0.25) is 5.91 Å². The Labute approximate surface area is 88.6 Å². The molecular weight excluding hydrogens is 192 g/mol. The lowest BCUT2D eigenvalue weighted by Gasteiger charge is -2.14. The van der Waals surface area contributed by atoms with Crippen molar-refractivity contribution in [1.82, 2.24) is 15.0 Å². The summed E-state index contributed by atoms with van der Waals surface area (Å²) in [5, 5.41) is 8.09. The third kappa shape index (κ3) is 1.52. The van der Waals surface area contributed by atoms with Gasteiger partial charge in [0.25, 0.3) is 0 Å². The number of carbonyl (C=O) groups is 1. The molecule has 1 amide bonds. The molecule has 82 valence electrons. The van der Waals surface area contributed by atoms with E-state index in [1.54, 1.807) is 4.68 Å². The third-order valence-electron chi connectivity index (χ3n) is 2.88. The Bertz CT molecular complexity index is 398. The largest absolute Gasteiger partial charge is 0.368 e. The third-order valence-corrected chi connectivity index (χ3v) is 2.88. The maximum absolute atomic E-state index is 11.3. The summed E-state index contributed by atoms with van der Waals surface area (Å²) >= 11 is 0. The Morgan fingerprint density at radius 3 is 2.47 bits per heavy atom. The molecule has 1 aromatic heterocycles. The molecule has 15 heavy (non-hydrogen) atoms. The minimum Gasteiger partial charge on any atom is -0.368 e. The summed E-state index contributed by atoms with van der Waals surface area (Å²) in [6.45, 7) is 6.18. The van der Waals surface area contributed by atoms with Crippen LogP contribution in [0.3, 0.4) is 0 Å². The van der Waals surface area contributed by atoms with Crippen molar-refractivity contribution in [3.8, 4) is 0 Å². The minimum absolute atomic E-state index is 0.0496. The second kappa shape index (κ2) is 2.81. The van der Waals surface area contributed by atoms with Gasteiger partial charge in [-0.05, 0) is 12.8 Å². The summed E-state index contributed by atoms with van der Waals surface area (Å²) in [7, 11) is 0. The number of primary amides is 1. The molecule has 1 fully saturated rings. The number of aromatic nitrogens is 3. The maximum atomic E-state index is 11.3. The van der Waals surface area contributed by atoms with Crippen LogP contribution in [0.4, 0.5) is 0 Å². The summed E-state index contributed by atoms with van der Waals surface area (Å²) in [5.74, 6) is -0.312. The smallest absolute Gasteiger partial charge is 0.245 e. The van der Waals surface area contributed by atoms with E-state index < -0.39 is 5.54 Å². The van der Waals surface area contributed by atoms with Gasteiger partial charge in [-0.25, -0.2) is 4.68 Å². The molecule has 0 atom stereocenters. The van der Waals surface area contributed by atoms with Crippen LogP contribution in [0.1, 0.15) is 39.3 Å². The molecule has 1 aliphatic rings. The highest BCUT2D eigenvalue weighted by Crippen LogP contribution is 2.42. The number of carbonyl (C=O) groups excluding carboxylic acids is 1. The number of amides is 1. The maximum Gasteiger partial charge on any atom is 0.245 e. The van der Waals surface area contributed by atoms with Gasteiger partial charge >= 0.3 is 0 Å². The fourth-order valence-electron chi connectivity index (χ4n) is 1.52. The fourth-order valence-corrected chi connectivity index (χ4v) is 1.52. The van der Waals surface area contributed by atoms with Gasteiger partial charge in [0.1, 0.15) is 5.54 Å². The molecule has 2 N–H and O–H groups in total. The summed E-state index contributed by atoms with van der Waals surface area (Å²) in [5.41, 5.74) is 5.60. The zero-order chi connectivity index (χ0) is 11.3. The van der Waals surface area contributed by atoms with E-state index >= 15 is 0 Å². The lowest BCUT2D eigenvalue weighted by molar-refractivity contribution is -0.122. The van der Waals surface area contributed by atoms with Gasteiger partial charge in [-0.3, -0.25) is 4.79 Å². The first-order chi connectivity index (χ1) is 6.86. The Morgan fingerprint density at radius 2 is 2.13 bits per heavy atom. The standard InChI is InChI=1S/C10H16N4O/c1-9(2,3)7-6-14(13-12-7)10(4-5-10)8(11)15/h6H,4-5H2,1-3H3,(H2,11,15). The molecule has 1 saturated carbocycles. The molecule has 1 aliphatic carbocycles. The molecular formula is C10H16N4O. The summed E-state index contributed by atoms with van der Waals surface area (Å²) in [6, 6.07) is 0. The van der Waals surface area contributed by atoms with Gasteiger partial charge in [0, 0.05) is 5.41 Å². The van der Waals surface area contributed by atoms with E-state index in [4.69, 9.17) is 5.73 Å². The number of hydrogen-bond acceptors (Lipinski definition) is 3. The minimum atomic E-state index is -0.587. The SMILES string of the molecule is CC(C)(C)c1cn(C2(C(N)=O)CC2)nn1. The first-order valence-corrected chi connectivity index (χ1v) is 5.09. The molecule has 0 saturated heterocycles. The Hall–Kier alpha value is -1.39. The van der Waals surface area contributed by atoms with E-state index in [1.165, 1.54) is 0 Å². The van der Waals surface area contributed by atoms with E-state index in [0.717, 1.165) is 18.5 Å². The van der Waals surface area contributed by atoms with Crippen LogP contribution in [0, 0.1) is 0 Å². The average Bonchev–Trinajstić information content (AvgIpc) is 2.75. The van der Waals surface area contributed by atoms with Crippen molar-refractivity contribution < 1.29 is 4.79 Å². The number of rotatable bonds is 2. The van der Waals surface area contributed by atoms with Crippen molar-refractivity contribution in [3.05, 3.63) is 11.9 Å². The van der Waals surface area contributed by atoms with Crippen molar-refractivity contribution in [1.29, 1.82) is 0 Å². The number of nitrogens with two attached hydrogens (primary N) is 1. The highest BCUT2D eigenvalue weighted by atomic mass is 16.2. The van der Waals surface area contributed by atoms with Crippen LogP contribution in [0.15, 0.2) is 6.20 Å². The van der Waals surface area contributed by atoms with Gasteiger partial charge in [0.05, 0.1) is 11.9 Å². The summed E-state index contributed by atoms with van der Waals surface area (Å²) in [4.78, 5) is 11.3. The molecule has 0 aliphatic heterocycles. The molecule has 5 nitrogen and oxygen atoms in total.